The summed E-state index contributed by atoms with van der Waals surface area (Å²) in [5.41, 5.74) is 1.19. The first-order valence-electron chi connectivity index (χ1n) is 11.3. The molecule has 0 aromatic carbocycles. The minimum Gasteiger partial charge on any atom is -0.385 e. The first-order valence-corrected chi connectivity index (χ1v) is 11.3. The van der Waals surface area contributed by atoms with Gasteiger partial charge in [-0.05, 0) is 83.0 Å². The molecule has 28 heavy (non-hydrogen) atoms. The van der Waals surface area contributed by atoms with Crippen molar-refractivity contribution in [2.75, 3.05) is 0 Å². The number of nitrogens with one attached hydrogen (secondary N) is 2. The van der Waals surface area contributed by atoms with Crippen molar-refractivity contribution in [3.63, 3.8) is 0 Å². The molecule has 5 unspecified atom stereocenters. The fourth-order valence-electron chi connectivity index (χ4n) is 7.37. The van der Waals surface area contributed by atoms with Crippen LogP contribution in [0.25, 0.3) is 0 Å². The maximum absolute atomic E-state index is 13.1. The van der Waals surface area contributed by atoms with Crippen LogP contribution in [0, 0.1) is 34.5 Å². The number of hydrogen-bond donors (Lipinski definition) is 2. The van der Waals surface area contributed by atoms with Gasteiger partial charge in [-0.1, -0.05) is 13.8 Å². The molecule has 1 aliphatic heterocycles. The summed E-state index contributed by atoms with van der Waals surface area (Å²) in [5, 5.41) is 7.00. The Hall–Kier alpha value is -1.32. The second-order valence-corrected chi connectivity index (χ2v) is 11.6. The first-order chi connectivity index (χ1) is 13.0. The highest BCUT2D eigenvalue weighted by atomic mass is 16.2. The maximum atomic E-state index is 13.1. The largest absolute Gasteiger partial charge is 0.385 e. The Bertz CT molecular complexity index is 721. The molecule has 156 valence electrons. The molecule has 1 amide bonds. The zero-order valence-corrected chi connectivity index (χ0v) is 18.5. The van der Waals surface area contributed by atoms with Gasteiger partial charge >= 0.3 is 0 Å². The zero-order chi connectivity index (χ0) is 20.5. The topological polar surface area (TPSA) is 58.2 Å². The Kier molecular flexibility index (Phi) is 4.52. The normalized spacial score (nSPS) is 45.3. The van der Waals surface area contributed by atoms with Gasteiger partial charge in [0.1, 0.15) is 0 Å². The summed E-state index contributed by atoms with van der Waals surface area (Å²) in [6.45, 7) is 13.3. The monoisotopic (exact) mass is 386 g/mol. The molecular weight excluding hydrogens is 348 g/mol. The minimum atomic E-state index is -0.176. The summed E-state index contributed by atoms with van der Waals surface area (Å²) in [5.74, 6) is 2.43. The van der Waals surface area contributed by atoms with E-state index in [1.807, 2.05) is 6.08 Å². The average molecular weight is 387 g/mol. The molecule has 0 spiro atoms. The lowest BCUT2D eigenvalue weighted by Crippen LogP contribution is -2.61. The highest BCUT2D eigenvalue weighted by Gasteiger charge is 2.62. The van der Waals surface area contributed by atoms with Gasteiger partial charge in [-0.3, -0.25) is 9.59 Å². The molecule has 3 fully saturated rings. The van der Waals surface area contributed by atoms with Crippen LogP contribution in [0.4, 0.5) is 0 Å². The smallest absolute Gasteiger partial charge is 0.224 e. The van der Waals surface area contributed by atoms with E-state index in [1.165, 1.54) is 12.1 Å². The molecule has 4 rings (SSSR count). The predicted molar refractivity (Wildman–Crippen MR) is 111 cm³/mol. The molecule has 4 aliphatic rings. The quantitative estimate of drug-likeness (QED) is 0.710. The summed E-state index contributed by atoms with van der Waals surface area (Å²) >= 11 is 0. The van der Waals surface area contributed by atoms with Gasteiger partial charge in [0, 0.05) is 41.1 Å². The van der Waals surface area contributed by atoms with E-state index in [2.05, 4.69) is 52.2 Å². The molecule has 4 heteroatoms. The Labute approximate surface area is 170 Å². The Morgan fingerprint density at radius 1 is 1.14 bits per heavy atom. The Balaban J connectivity index is 1.63. The molecule has 1 saturated heterocycles. The predicted octanol–water partition coefficient (Wildman–Crippen LogP) is 4.20. The summed E-state index contributed by atoms with van der Waals surface area (Å²) in [6.07, 6.45) is 8.00. The van der Waals surface area contributed by atoms with Crippen molar-refractivity contribution < 1.29 is 9.59 Å². The van der Waals surface area contributed by atoms with Crippen LogP contribution in [0.3, 0.4) is 0 Å². The van der Waals surface area contributed by atoms with E-state index < -0.39 is 0 Å². The molecule has 2 saturated carbocycles. The molecular formula is C24H38N2O2. The minimum absolute atomic E-state index is 0.0918. The zero-order valence-electron chi connectivity index (χ0n) is 18.5. The molecule has 3 aliphatic carbocycles. The van der Waals surface area contributed by atoms with Crippen LogP contribution >= 0.6 is 0 Å². The lowest BCUT2D eigenvalue weighted by Gasteiger charge is -2.60. The number of ketones is 1. The first kappa shape index (κ1) is 20.0. The molecule has 2 N–H and O–H groups in total. The van der Waals surface area contributed by atoms with E-state index in [-0.39, 0.29) is 34.0 Å². The molecule has 0 radical (unpaired) electrons. The van der Waals surface area contributed by atoms with Crippen LogP contribution in [0.15, 0.2) is 11.8 Å². The fraction of sp³-hybridized carbons (Fsp3) is 0.833. The molecule has 4 nitrogen and oxygen atoms in total. The van der Waals surface area contributed by atoms with E-state index in [4.69, 9.17) is 0 Å². The lowest BCUT2D eigenvalue weighted by molar-refractivity contribution is -0.134. The van der Waals surface area contributed by atoms with Crippen molar-refractivity contribution in [2.24, 2.45) is 34.5 Å². The van der Waals surface area contributed by atoms with Crippen LogP contribution in [0.5, 0.6) is 0 Å². The Morgan fingerprint density at radius 3 is 2.54 bits per heavy atom. The van der Waals surface area contributed by atoms with E-state index in [0.29, 0.717) is 30.2 Å². The number of carbonyl (C=O) groups excluding carboxylic acids is 2. The van der Waals surface area contributed by atoms with Gasteiger partial charge in [-0.15, -0.1) is 0 Å². The maximum Gasteiger partial charge on any atom is 0.224 e. The third-order valence-corrected chi connectivity index (χ3v) is 8.74. The molecule has 7 atom stereocenters. The lowest BCUT2D eigenvalue weighted by atomic mass is 9.48. The van der Waals surface area contributed by atoms with Crippen LogP contribution in [0.2, 0.25) is 0 Å². The third-order valence-electron chi connectivity index (χ3n) is 8.74. The van der Waals surface area contributed by atoms with Crippen molar-refractivity contribution in [2.45, 2.75) is 91.6 Å². The van der Waals surface area contributed by atoms with Gasteiger partial charge in [0.15, 0.2) is 5.78 Å². The highest BCUT2D eigenvalue weighted by Crippen LogP contribution is 2.65. The third kappa shape index (κ3) is 2.93. The molecule has 0 bridgehead atoms. The van der Waals surface area contributed by atoms with Gasteiger partial charge in [0.05, 0.1) is 0 Å². The molecule has 0 aromatic heterocycles. The van der Waals surface area contributed by atoms with Gasteiger partial charge < -0.3 is 10.6 Å². The van der Waals surface area contributed by atoms with Crippen LogP contribution in [-0.2, 0) is 9.59 Å². The number of carbonyl (C=O) groups is 2. The number of hydrogen-bond acceptors (Lipinski definition) is 3. The van der Waals surface area contributed by atoms with E-state index in [1.54, 1.807) is 0 Å². The van der Waals surface area contributed by atoms with Gasteiger partial charge in [-0.25, -0.2) is 0 Å². The van der Waals surface area contributed by atoms with Gasteiger partial charge in [-0.2, -0.15) is 0 Å². The second kappa shape index (κ2) is 6.34. The fourth-order valence-corrected chi connectivity index (χ4v) is 7.37. The number of amides is 1. The second-order valence-electron chi connectivity index (χ2n) is 11.6. The number of piperidine rings is 1. The van der Waals surface area contributed by atoms with Gasteiger partial charge in [0.2, 0.25) is 5.91 Å². The molecule has 1 heterocycles. The van der Waals surface area contributed by atoms with Gasteiger partial charge in [0.25, 0.3) is 0 Å². The van der Waals surface area contributed by atoms with Crippen molar-refractivity contribution in [3.05, 3.63) is 11.8 Å². The number of fused-ring (bicyclic) bond motifs is 5. The van der Waals surface area contributed by atoms with Crippen molar-refractivity contribution in [3.8, 4) is 0 Å². The van der Waals surface area contributed by atoms with Crippen molar-refractivity contribution in [1.82, 2.24) is 10.6 Å². The van der Waals surface area contributed by atoms with Crippen LogP contribution in [-0.4, -0.2) is 23.3 Å². The van der Waals surface area contributed by atoms with E-state index >= 15 is 0 Å². The average Bonchev–Trinajstić information content (AvgIpc) is 2.92. The molecule has 0 aromatic rings. The highest BCUT2D eigenvalue weighted by molar-refractivity contribution is 5.91. The SMILES string of the molecule is CC1NC2=CC(=O)CC[C@]2(C)C2CC[C@]3(C)C(C(=O)NC(C)(C)C)CCC3C12. The van der Waals surface area contributed by atoms with E-state index in [9.17, 15) is 9.59 Å². The summed E-state index contributed by atoms with van der Waals surface area (Å²) < 4.78 is 0. The number of allylic oxidation sites excluding steroid dienone is 2. The summed E-state index contributed by atoms with van der Waals surface area (Å²) in [7, 11) is 0. The Morgan fingerprint density at radius 2 is 1.86 bits per heavy atom. The van der Waals surface area contributed by atoms with Crippen LogP contribution in [0.1, 0.15) is 80.1 Å². The number of rotatable bonds is 1. The standard InChI is InChI=1S/C24H38N2O2/c1-14-20-16-7-8-18(21(28)26-22(2,3)4)23(16,5)12-10-17(20)24(6)11-9-15(27)13-19(24)25-14/h13-14,16-18,20,25H,7-12H2,1-6H3,(H,26,28)/t14?,16?,17?,18?,20?,23-,24+/m0/s1. The van der Waals surface area contributed by atoms with E-state index in [0.717, 1.165) is 25.7 Å². The summed E-state index contributed by atoms with van der Waals surface area (Å²) in [4.78, 5) is 25.1. The van der Waals surface area contributed by atoms with Crippen molar-refractivity contribution >= 4 is 11.7 Å². The van der Waals surface area contributed by atoms with Crippen LogP contribution < -0.4 is 10.6 Å². The van der Waals surface area contributed by atoms with Crippen molar-refractivity contribution in [1.29, 1.82) is 0 Å². The summed E-state index contributed by atoms with van der Waals surface area (Å²) in [6, 6.07) is 0.365.